The van der Waals surface area contributed by atoms with Crippen molar-refractivity contribution in [3.05, 3.63) is 89.4 Å². The summed E-state index contributed by atoms with van der Waals surface area (Å²) in [4.78, 5) is 17.2. The number of hydrogen-bond donors (Lipinski definition) is 1. The molecule has 1 unspecified atom stereocenters. The third-order valence-electron chi connectivity index (χ3n) is 6.37. The Morgan fingerprint density at radius 1 is 1.06 bits per heavy atom. The Morgan fingerprint density at radius 3 is 2.80 bits per heavy atom. The zero-order chi connectivity index (χ0) is 24.0. The molecule has 0 radical (unpaired) electrons. The lowest BCUT2D eigenvalue weighted by Gasteiger charge is -2.15. The van der Waals surface area contributed by atoms with Crippen molar-refractivity contribution in [3.8, 4) is 5.75 Å². The van der Waals surface area contributed by atoms with Gasteiger partial charge in [0.2, 0.25) is 0 Å². The van der Waals surface area contributed by atoms with Crippen molar-refractivity contribution in [2.45, 2.75) is 51.3 Å². The molecule has 2 heterocycles. The van der Waals surface area contributed by atoms with Crippen LogP contribution in [0.2, 0.25) is 0 Å². The molecular formula is C28H30N4O3. The fraction of sp³-hybridized carbons (Fsp3) is 0.321. The van der Waals surface area contributed by atoms with Gasteiger partial charge in [0.1, 0.15) is 18.4 Å². The molecule has 2 aromatic heterocycles. The summed E-state index contributed by atoms with van der Waals surface area (Å²) in [7, 11) is 0. The smallest absolute Gasteiger partial charge is 0.325 e. The van der Waals surface area contributed by atoms with Crippen molar-refractivity contribution in [3.63, 3.8) is 0 Å². The summed E-state index contributed by atoms with van der Waals surface area (Å²) in [6, 6.07) is 18.9. The van der Waals surface area contributed by atoms with E-state index in [4.69, 9.17) is 20.2 Å². The molecule has 0 aliphatic heterocycles. The summed E-state index contributed by atoms with van der Waals surface area (Å²) in [5.74, 6) is 0.329. The van der Waals surface area contributed by atoms with Gasteiger partial charge in [-0.1, -0.05) is 36.4 Å². The van der Waals surface area contributed by atoms with E-state index >= 15 is 0 Å². The first kappa shape index (κ1) is 23.1. The highest BCUT2D eigenvalue weighted by Gasteiger charge is 2.18. The van der Waals surface area contributed by atoms with Crippen molar-refractivity contribution < 1.29 is 14.3 Å². The summed E-state index contributed by atoms with van der Waals surface area (Å²) in [6.45, 7) is 1.000. The van der Waals surface area contributed by atoms with Crippen LogP contribution in [-0.4, -0.2) is 33.4 Å². The van der Waals surface area contributed by atoms with Crippen LogP contribution in [0.1, 0.15) is 35.4 Å². The highest BCUT2D eigenvalue weighted by molar-refractivity contribution is 5.81. The maximum absolute atomic E-state index is 12.3. The van der Waals surface area contributed by atoms with Crippen molar-refractivity contribution >= 4 is 16.9 Å². The van der Waals surface area contributed by atoms with Gasteiger partial charge in [-0.15, -0.1) is 0 Å². The number of aromatic nitrogens is 3. The van der Waals surface area contributed by atoms with Gasteiger partial charge in [0.15, 0.2) is 0 Å². The Morgan fingerprint density at radius 2 is 1.91 bits per heavy atom. The molecule has 0 fully saturated rings. The van der Waals surface area contributed by atoms with Crippen molar-refractivity contribution in [1.29, 1.82) is 0 Å². The van der Waals surface area contributed by atoms with E-state index in [0.717, 1.165) is 47.2 Å². The zero-order valence-corrected chi connectivity index (χ0v) is 19.7. The van der Waals surface area contributed by atoms with Crippen LogP contribution in [0.25, 0.3) is 10.9 Å². The fourth-order valence-corrected chi connectivity index (χ4v) is 4.44. The van der Waals surface area contributed by atoms with Crippen LogP contribution in [0.3, 0.4) is 0 Å². The number of esters is 1. The highest BCUT2D eigenvalue weighted by Crippen LogP contribution is 2.22. The second-order valence-corrected chi connectivity index (χ2v) is 8.96. The third kappa shape index (κ3) is 5.69. The number of nitrogens with two attached hydrogens (primary N) is 1. The molecule has 5 rings (SSSR count). The van der Waals surface area contributed by atoms with Gasteiger partial charge in [0.25, 0.3) is 0 Å². The molecule has 2 N–H and O–H groups in total. The summed E-state index contributed by atoms with van der Waals surface area (Å²) in [5.41, 5.74) is 11.6. The Bertz CT molecular complexity index is 1300. The third-order valence-corrected chi connectivity index (χ3v) is 6.37. The molecule has 1 aliphatic carbocycles. The van der Waals surface area contributed by atoms with Crippen LogP contribution in [0.5, 0.6) is 5.75 Å². The average molecular weight is 471 g/mol. The number of rotatable bonds is 9. The molecule has 180 valence electrons. The van der Waals surface area contributed by atoms with Crippen LogP contribution in [-0.2, 0) is 41.9 Å². The molecule has 35 heavy (non-hydrogen) atoms. The van der Waals surface area contributed by atoms with Gasteiger partial charge in [-0.05, 0) is 61.1 Å². The number of fused-ring (bicyclic) bond motifs is 2. The SMILES string of the molecule is NC(Cn1ncc2cc(OCCc3ccc4c(n3)CCCC4)ccc21)C(=O)OCc1ccccc1. The molecule has 7 nitrogen and oxygen atoms in total. The number of hydrogen-bond acceptors (Lipinski definition) is 6. The van der Waals surface area contributed by atoms with Gasteiger partial charge < -0.3 is 15.2 Å². The largest absolute Gasteiger partial charge is 0.493 e. The monoisotopic (exact) mass is 470 g/mol. The minimum absolute atomic E-state index is 0.203. The number of nitrogens with zero attached hydrogens (tertiary/aromatic N) is 3. The maximum atomic E-state index is 12.3. The molecule has 1 atom stereocenters. The Hall–Kier alpha value is -3.71. The molecule has 0 spiro atoms. The van der Waals surface area contributed by atoms with E-state index in [0.29, 0.717) is 6.61 Å². The molecule has 0 saturated heterocycles. The van der Waals surface area contributed by atoms with Crippen LogP contribution >= 0.6 is 0 Å². The maximum Gasteiger partial charge on any atom is 0.325 e. The first-order valence-corrected chi connectivity index (χ1v) is 12.2. The first-order valence-electron chi connectivity index (χ1n) is 12.2. The first-order chi connectivity index (χ1) is 17.2. The van der Waals surface area contributed by atoms with Crippen molar-refractivity contribution in [1.82, 2.24) is 14.8 Å². The van der Waals surface area contributed by atoms with E-state index in [2.05, 4.69) is 17.2 Å². The number of ether oxygens (including phenoxy) is 2. The van der Waals surface area contributed by atoms with Gasteiger partial charge >= 0.3 is 5.97 Å². The molecule has 0 amide bonds. The minimum Gasteiger partial charge on any atom is -0.493 e. The van der Waals surface area contributed by atoms with Crippen molar-refractivity contribution in [2.24, 2.45) is 5.73 Å². The Kier molecular flexibility index (Phi) is 7.04. The lowest BCUT2D eigenvalue weighted by Crippen LogP contribution is -2.36. The molecule has 4 aromatic rings. The van der Waals surface area contributed by atoms with E-state index < -0.39 is 12.0 Å². The van der Waals surface area contributed by atoms with Crippen LogP contribution in [0, 0.1) is 0 Å². The molecule has 0 saturated carbocycles. The number of carbonyl (C=O) groups excluding carboxylic acids is 1. The van der Waals surface area contributed by atoms with E-state index in [1.807, 2.05) is 48.5 Å². The molecule has 7 heteroatoms. The summed E-state index contributed by atoms with van der Waals surface area (Å²) in [5, 5.41) is 5.34. The van der Waals surface area contributed by atoms with E-state index in [9.17, 15) is 4.79 Å². The van der Waals surface area contributed by atoms with E-state index in [1.54, 1.807) is 10.9 Å². The van der Waals surface area contributed by atoms with Gasteiger partial charge in [0, 0.05) is 23.2 Å². The molecule has 0 bridgehead atoms. The number of benzene rings is 2. The quantitative estimate of drug-likeness (QED) is 0.372. The fourth-order valence-electron chi connectivity index (χ4n) is 4.44. The van der Waals surface area contributed by atoms with Gasteiger partial charge in [0.05, 0.1) is 24.9 Å². The molecule has 2 aromatic carbocycles. The van der Waals surface area contributed by atoms with Gasteiger partial charge in [-0.2, -0.15) is 5.10 Å². The standard InChI is InChI=1S/C28H30N4O3/c29-25(28(33)35-19-20-6-2-1-3-7-20)18-32-27-13-12-24(16-22(27)17-30-32)34-15-14-23-11-10-21-8-4-5-9-26(21)31-23/h1-3,6-7,10-13,16-17,25H,4-5,8-9,14-15,18-19,29H2. The average Bonchev–Trinajstić information content (AvgIpc) is 3.29. The predicted octanol–water partition coefficient (Wildman–Crippen LogP) is 4.00. The van der Waals surface area contributed by atoms with E-state index in [-0.39, 0.29) is 13.2 Å². The van der Waals surface area contributed by atoms with Gasteiger partial charge in [-0.25, -0.2) is 0 Å². The number of pyridine rings is 1. The lowest BCUT2D eigenvalue weighted by atomic mass is 9.96. The second kappa shape index (κ2) is 10.7. The summed E-state index contributed by atoms with van der Waals surface area (Å²) in [6.07, 6.45) is 7.25. The van der Waals surface area contributed by atoms with Crippen LogP contribution in [0.4, 0.5) is 0 Å². The molecular weight excluding hydrogens is 440 g/mol. The van der Waals surface area contributed by atoms with E-state index in [1.165, 1.54) is 24.1 Å². The topological polar surface area (TPSA) is 92.3 Å². The Balaban J connectivity index is 1.15. The van der Waals surface area contributed by atoms with Crippen LogP contribution < -0.4 is 10.5 Å². The highest BCUT2D eigenvalue weighted by atomic mass is 16.5. The summed E-state index contributed by atoms with van der Waals surface area (Å²) >= 11 is 0. The Labute approximate surface area is 204 Å². The zero-order valence-electron chi connectivity index (χ0n) is 19.7. The minimum atomic E-state index is -0.804. The van der Waals surface area contributed by atoms with Gasteiger partial charge in [-0.3, -0.25) is 14.5 Å². The van der Waals surface area contributed by atoms with Crippen molar-refractivity contribution in [2.75, 3.05) is 6.61 Å². The lowest BCUT2D eigenvalue weighted by molar-refractivity contribution is -0.146. The predicted molar refractivity (Wildman–Crippen MR) is 134 cm³/mol. The number of carbonyl (C=O) groups is 1. The summed E-state index contributed by atoms with van der Waals surface area (Å²) < 4.78 is 13.1. The number of aryl methyl sites for hydroxylation is 2. The molecule has 1 aliphatic rings. The second-order valence-electron chi connectivity index (χ2n) is 8.96. The van der Waals surface area contributed by atoms with Crippen LogP contribution in [0.15, 0.2) is 66.9 Å². The normalized spacial score (nSPS) is 13.9.